The second kappa shape index (κ2) is 10.7. The zero-order valence-corrected chi connectivity index (χ0v) is 20.0. The number of hydrogen-bond acceptors (Lipinski definition) is 8. The van der Waals surface area contributed by atoms with E-state index in [-0.39, 0.29) is 24.2 Å². The van der Waals surface area contributed by atoms with Gasteiger partial charge in [-0.3, -0.25) is 4.79 Å². The van der Waals surface area contributed by atoms with Crippen molar-refractivity contribution < 1.29 is 23.8 Å². The second-order valence-corrected chi connectivity index (χ2v) is 9.06. The lowest BCUT2D eigenvalue weighted by Gasteiger charge is -2.29. The van der Waals surface area contributed by atoms with Crippen LogP contribution in [0.25, 0.3) is 22.6 Å². The molecule has 1 amide bonds. The van der Waals surface area contributed by atoms with E-state index in [1.165, 1.54) is 12.1 Å². The van der Waals surface area contributed by atoms with Gasteiger partial charge in [0.05, 0.1) is 42.8 Å². The fraction of sp³-hybridized carbons (Fsp3) is 0.440. The molecule has 2 fully saturated rings. The maximum Gasteiger partial charge on any atom is 0.227 e. The molecular weight excluding hydrogens is 467 g/mol. The van der Waals surface area contributed by atoms with Gasteiger partial charge in [-0.1, -0.05) is 6.92 Å². The molecule has 5 rings (SSSR count). The van der Waals surface area contributed by atoms with E-state index in [0.717, 1.165) is 12.8 Å². The first-order valence-corrected chi connectivity index (χ1v) is 12.1. The summed E-state index contributed by atoms with van der Waals surface area (Å²) in [5.41, 5.74) is 2.24. The minimum atomic E-state index is -1.40. The minimum Gasteiger partial charge on any atom is -0.378 e. The molecule has 2 atom stereocenters. The number of H-pyrrole nitrogens is 1. The van der Waals surface area contributed by atoms with Gasteiger partial charge in [0, 0.05) is 30.9 Å². The Balaban J connectivity index is 1.36. The minimum absolute atomic E-state index is 0.0161. The number of amides is 1. The van der Waals surface area contributed by atoms with Gasteiger partial charge in [0.25, 0.3) is 0 Å². The van der Waals surface area contributed by atoms with Gasteiger partial charge in [-0.05, 0) is 43.2 Å². The number of halogens is 1. The molecule has 3 aromatic rings. The van der Waals surface area contributed by atoms with Crippen molar-refractivity contribution in [2.45, 2.75) is 32.1 Å². The van der Waals surface area contributed by atoms with Crippen LogP contribution in [-0.4, -0.2) is 74.8 Å². The van der Waals surface area contributed by atoms with Gasteiger partial charge in [-0.2, -0.15) is 0 Å². The number of nitrogens with one attached hydrogen (secondary N) is 2. The molecular formula is C25H29FN6O4. The van der Waals surface area contributed by atoms with E-state index in [9.17, 15) is 14.3 Å². The van der Waals surface area contributed by atoms with Crippen LogP contribution in [0, 0.1) is 11.7 Å². The van der Waals surface area contributed by atoms with Crippen LogP contribution in [0.4, 0.5) is 10.3 Å². The van der Waals surface area contributed by atoms with Gasteiger partial charge in [-0.25, -0.2) is 19.3 Å². The molecule has 0 radical (unpaired) electrons. The van der Waals surface area contributed by atoms with Crippen LogP contribution in [0.2, 0.25) is 0 Å². The Morgan fingerprint density at radius 3 is 2.72 bits per heavy atom. The standard InChI is InChI=1S/C25H29FN6O4/c1-15(23(33)32-10-12-35-13-11-32)14-36-24(34)22-30-20(16-2-4-17(26)5-3-16)21(31-22)19-8-9-27-25(29-19)28-18-6-7-18/h2-5,8-9,15,18,24,34H,6-7,10-14H2,1H3,(H,30,31)(H,27,28,29)/t15-,24?/m0/s1. The van der Waals surface area contributed by atoms with Crippen LogP contribution in [0.1, 0.15) is 31.9 Å². The maximum absolute atomic E-state index is 13.6. The highest BCUT2D eigenvalue weighted by Gasteiger charge is 2.26. The molecule has 1 unspecified atom stereocenters. The zero-order chi connectivity index (χ0) is 25.1. The van der Waals surface area contributed by atoms with Gasteiger partial charge in [0.15, 0.2) is 5.82 Å². The quantitative estimate of drug-likeness (QED) is 0.386. The Hall–Kier alpha value is -3.41. The third-order valence-corrected chi connectivity index (χ3v) is 6.14. The smallest absolute Gasteiger partial charge is 0.227 e. The van der Waals surface area contributed by atoms with E-state index in [4.69, 9.17) is 9.47 Å². The maximum atomic E-state index is 13.6. The average Bonchev–Trinajstić information content (AvgIpc) is 3.61. The van der Waals surface area contributed by atoms with Crippen molar-refractivity contribution >= 4 is 11.9 Å². The lowest BCUT2D eigenvalue weighted by molar-refractivity contribution is -0.149. The molecule has 1 saturated heterocycles. The van der Waals surface area contributed by atoms with E-state index < -0.39 is 12.2 Å². The molecule has 3 heterocycles. The molecule has 3 N–H and O–H groups in total. The van der Waals surface area contributed by atoms with Crippen LogP contribution in [-0.2, 0) is 14.3 Å². The number of hydrogen-bond donors (Lipinski definition) is 3. The fourth-order valence-electron chi connectivity index (χ4n) is 3.97. The molecule has 190 valence electrons. The summed E-state index contributed by atoms with van der Waals surface area (Å²) in [5.74, 6) is -0.193. The van der Waals surface area contributed by atoms with Gasteiger partial charge in [0.1, 0.15) is 5.82 Å². The van der Waals surface area contributed by atoms with Crippen LogP contribution >= 0.6 is 0 Å². The average molecular weight is 497 g/mol. The summed E-state index contributed by atoms with van der Waals surface area (Å²) in [6, 6.07) is 8.03. The molecule has 1 saturated carbocycles. The van der Waals surface area contributed by atoms with Gasteiger partial charge in [0.2, 0.25) is 18.1 Å². The summed E-state index contributed by atoms with van der Waals surface area (Å²) in [7, 11) is 0. The summed E-state index contributed by atoms with van der Waals surface area (Å²) in [6.07, 6.45) is 2.41. The Morgan fingerprint density at radius 1 is 1.25 bits per heavy atom. The first-order valence-electron chi connectivity index (χ1n) is 12.1. The van der Waals surface area contributed by atoms with E-state index in [1.807, 2.05) is 0 Å². The van der Waals surface area contributed by atoms with Crippen LogP contribution < -0.4 is 5.32 Å². The molecule has 0 bridgehead atoms. The number of anilines is 1. The van der Waals surface area contributed by atoms with Gasteiger partial charge in [-0.15, -0.1) is 0 Å². The Bertz CT molecular complexity index is 1190. The first-order chi connectivity index (χ1) is 17.5. The van der Waals surface area contributed by atoms with Crippen LogP contribution in [0.15, 0.2) is 36.5 Å². The van der Waals surface area contributed by atoms with E-state index in [1.54, 1.807) is 36.2 Å². The number of benzene rings is 1. The van der Waals surface area contributed by atoms with Crippen molar-refractivity contribution in [3.63, 3.8) is 0 Å². The molecule has 2 aromatic heterocycles. The normalized spacial score (nSPS) is 17.6. The van der Waals surface area contributed by atoms with Crippen molar-refractivity contribution in [3.8, 4) is 22.6 Å². The predicted octanol–water partition coefficient (Wildman–Crippen LogP) is 2.75. The zero-order valence-electron chi connectivity index (χ0n) is 20.0. The summed E-state index contributed by atoms with van der Waals surface area (Å²) in [6.45, 7) is 3.91. The molecule has 1 aliphatic carbocycles. The molecule has 36 heavy (non-hydrogen) atoms. The number of aliphatic hydroxyl groups excluding tert-OH is 1. The fourth-order valence-corrected chi connectivity index (χ4v) is 3.97. The van der Waals surface area contributed by atoms with E-state index in [0.29, 0.717) is 60.9 Å². The Labute approximate surface area is 207 Å². The topological polar surface area (TPSA) is 125 Å². The summed E-state index contributed by atoms with van der Waals surface area (Å²) < 4.78 is 24.5. The van der Waals surface area contributed by atoms with Crippen molar-refractivity contribution in [1.29, 1.82) is 0 Å². The van der Waals surface area contributed by atoms with Crippen molar-refractivity contribution in [2.24, 2.45) is 5.92 Å². The number of nitrogens with zero attached hydrogens (tertiary/aromatic N) is 4. The van der Waals surface area contributed by atoms with Crippen molar-refractivity contribution in [3.05, 3.63) is 48.2 Å². The molecule has 1 aliphatic heterocycles. The predicted molar refractivity (Wildman–Crippen MR) is 129 cm³/mol. The van der Waals surface area contributed by atoms with Crippen molar-refractivity contribution in [2.75, 3.05) is 38.2 Å². The number of aliphatic hydroxyl groups is 1. The van der Waals surface area contributed by atoms with E-state index in [2.05, 4.69) is 25.3 Å². The lowest BCUT2D eigenvalue weighted by Crippen LogP contribution is -2.44. The largest absolute Gasteiger partial charge is 0.378 e. The van der Waals surface area contributed by atoms with Gasteiger partial charge >= 0.3 is 0 Å². The molecule has 11 heteroatoms. The van der Waals surface area contributed by atoms with Crippen LogP contribution in [0.5, 0.6) is 0 Å². The molecule has 10 nitrogen and oxygen atoms in total. The third kappa shape index (κ3) is 5.69. The van der Waals surface area contributed by atoms with E-state index >= 15 is 0 Å². The highest BCUT2D eigenvalue weighted by molar-refractivity contribution is 5.79. The number of carbonyl (C=O) groups is 1. The number of aromatic amines is 1. The molecule has 2 aliphatic rings. The summed E-state index contributed by atoms with van der Waals surface area (Å²) in [5, 5.41) is 14.0. The highest BCUT2D eigenvalue weighted by Crippen LogP contribution is 2.32. The first kappa shape index (κ1) is 24.3. The molecule has 0 spiro atoms. The second-order valence-electron chi connectivity index (χ2n) is 9.06. The lowest BCUT2D eigenvalue weighted by atomic mass is 10.1. The third-order valence-electron chi connectivity index (χ3n) is 6.14. The number of rotatable bonds is 9. The van der Waals surface area contributed by atoms with Crippen LogP contribution in [0.3, 0.4) is 0 Å². The SMILES string of the molecule is C[C@@H](COC(O)c1nc(-c2ccc(F)cc2)c(-c2ccnc(NC3CC3)n2)[nH]1)C(=O)N1CCOCC1. The monoisotopic (exact) mass is 496 g/mol. The highest BCUT2D eigenvalue weighted by atomic mass is 19.1. The van der Waals surface area contributed by atoms with Gasteiger partial charge < -0.3 is 29.8 Å². The number of ether oxygens (including phenoxy) is 2. The Kier molecular flexibility index (Phi) is 7.21. The number of morpholine rings is 1. The Morgan fingerprint density at radius 2 is 2.00 bits per heavy atom. The number of imidazole rings is 1. The number of carbonyl (C=O) groups excluding carboxylic acids is 1. The molecule has 1 aromatic carbocycles. The summed E-state index contributed by atoms with van der Waals surface area (Å²) >= 11 is 0. The number of aromatic nitrogens is 4. The summed E-state index contributed by atoms with van der Waals surface area (Å²) in [4.78, 5) is 30.9. The van der Waals surface area contributed by atoms with Crippen molar-refractivity contribution in [1.82, 2.24) is 24.8 Å².